The molecule has 1 saturated heterocycles. The molecule has 3 rings (SSSR count). The fraction of sp³-hybridized carbons (Fsp3) is 0.308. The number of benzene rings is 1. The molecule has 1 atom stereocenters. The topological polar surface area (TPSA) is 72.9 Å². The van der Waals surface area contributed by atoms with Crippen LogP contribution in [-0.2, 0) is 14.4 Å². The van der Waals surface area contributed by atoms with Gasteiger partial charge in [-0.25, -0.2) is 4.79 Å². The molecule has 2 amide bonds. The van der Waals surface area contributed by atoms with E-state index in [2.05, 4.69) is 0 Å². The molecular weight excluding hydrogens is 250 g/mol. The van der Waals surface area contributed by atoms with Crippen molar-refractivity contribution in [3.63, 3.8) is 0 Å². The maximum Gasteiger partial charge on any atom is 0.338 e. The first-order chi connectivity index (χ1) is 9.18. The van der Waals surface area contributed by atoms with Crippen LogP contribution in [0.5, 0.6) is 0 Å². The monoisotopic (exact) mass is 261 g/mol. The fourth-order valence-corrected chi connectivity index (χ4v) is 2.13. The molecule has 1 fully saturated rings. The number of rotatable bonds is 2. The van der Waals surface area contributed by atoms with Gasteiger partial charge in [0.25, 0.3) is 11.8 Å². The van der Waals surface area contributed by atoms with Gasteiger partial charge in [0.1, 0.15) is 0 Å². The third kappa shape index (κ3) is 1.90. The number of ether oxygens (including phenoxy) is 1. The molecule has 19 heavy (non-hydrogen) atoms. The lowest BCUT2D eigenvalue weighted by Gasteiger charge is -2.14. The maximum absolute atomic E-state index is 12.0. The number of hydrogen-bond acceptors (Lipinski definition) is 5. The minimum absolute atomic E-state index is 0.253. The summed E-state index contributed by atoms with van der Waals surface area (Å²) in [6.45, 7) is 0.754. The van der Waals surface area contributed by atoms with Crippen LogP contribution >= 0.6 is 0 Å². The molecule has 0 unspecified atom stereocenters. The maximum atomic E-state index is 12.0. The van der Waals surface area contributed by atoms with Crippen molar-refractivity contribution >= 4 is 17.8 Å². The lowest BCUT2D eigenvalue weighted by molar-refractivity contribution is -0.173. The number of imide groups is 1. The predicted molar refractivity (Wildman–Crippen MR) is 62.0 cm³/mol. The van der Waals surface area contributed by atoms with Crippen LogP contribution in [0.2, 0.25) is 0 Å². The first-order valence-corrected chi connectivity index (χ1v) is 5.96. The van der Waals surface area contributed by atoms with E-state index in [4.69, 9.17) is 9.57 Å². The van der Waals surface area contributed by atoms with Crippen LogP contribution in [0.1, 0.15) is 27.1 Å². The average molecular weight is 261 g/mol. The van der Waals surface area contributed by atoms with E-state index in [0.29, 0.717) is 18.1 Å². The second-order valence-corrected chi connectivity index (χ2v) is 4.42. The average Bonchev–Trinajstić information content (AvgIpc) is 3.03. The van der Waals surface area contributed by atoms with E-state index in [1.54, 1.807) is 12.1 Å². The van der Waals surface area contributed by atoms with Gasteiger partial charge in [0.2, 0.25) is 0 Å². The van der Waals surface area contributed by atoms with E-state index in [1.807, 2.05) is 0 Å². The largest absolute Gasteiger partial charge is 0.381 e. The summed E-state index contributed by atoms with van der Waals surface area (Å²) in [4.78, 5) is 40.6. The summed E-state index contributed by atoms with van der Waals surface area (Å²) in [6, 6.07) is 6.37. The molecule has 6 nitrogen and oxygen atoms in total. The Morgan fingerprint density at radius 2 is 1.84 bits per heavy atom. The number of amides is 2. The Morgan fingerprint density at radius 1 is 1.21 bits per heavy atom. The fourth-order valence-electron chi connectivity index (χ4n) is 2.13. The number of carbonyl (C=O) groups is 3. The molecule has 2 aliphatic rings. The van der Waals surface area contributed by atoms with Gasteiger partial charge in [-0.1, -0.05) is 17.2 Å². The van der Waals surface area contributed by atoms with Crippen LogP contribution in [0.15, 0.2) is 24.3 Å². The molecule has 0 bridgehead atoms. The van der Waals surface area contributed by atoms with Crippen molar-refractivity contribution in [2.45, 2.75) is 6.42 Å². The molecule has 0 saturated carbocycles. The van der Waals surface area contributed by atoms with E-state index in [1.165, 1.54) is 12.1 Å². The number of fused-ring (bicyclic) bond motifs is 1. The van der Waals surface area contributed by atoms with Crippen LogP contribution in [0.3, 0.4) is 0 Å². The molecule has 0 radical (unpaired) electrons. The predicted octanol–water partition coefficient (Wildman–Crippen LogP) is 0.777. The number of carbonyl (C=O) groups excluding carboxylic acids is 3. The first kappa shape index (κ1) is 11.9. The van der Waals surface area contributed by atoms with E-state index < -0.39 is 23.7 Å². The second-order valence-electron chi connectivity index (χ2n) is 4.42. The zero-order valence-corrected chi connectivity index (χ0v) is 10.00. The molecule has 0 spiro atoms. The molecule has 1 aromatic carbocycles. The zero-order valence-electron chi connectivity index (χ0n) is 10.00. The Hall–Kier alpha value is -2.21. The Labute approximate surface area is 108 Å². The number of nitrogens with zero attached hydrogens (tertiary/aromatic N) is 1. The summed E-state index contributed by atoms with van der Waals surface area (Å²) in [6.07, 6.45) is 0.544. The van der Waals surface area contributed by atoms with Gasteiger partial charge in [0.05, 0.1) is 23.7 Å². The highest BCUT2D eigenvalue weighted by Gasteiger charge is 2.40. The highest BCUT2D eigenvalue weighted by molar-refractivity contribution is 6.20. The van der Waals surface area contributed by atoms with Crippen LogP contribution in [-0.4, -0.2) is 36.1 Å². The third-order valence-electron chi connectivity index (χ3n) is 3.20. The molecule has 2 heterocycles. The van der Waals surface area contributed by atoms with Gasteiger partial charge < -0.3 is 9.57 Å². The second kappa shape index (κ2) is 4.47. The van der Waals surface area contributed by atoms with Gasteiger partial charge >= 0.3 is 5.97 Å². The SMILES string of the molecule is O=C(ON1C(=O)c2ccccc2C1=O)[C@@H]1CCOC1. The summed E-state index contributed by atoms with van der Waals surface area (Å²) < 4.78 is 5.07. The van der Waals surface area contributed by atoms with E-state index in [0.717, 1.165) is 0 Å². The third-order valence-corrected chi connectivity index (χ3v) is 3.20. The Balaban J connectivity index is 1.78. The summed E-state index contributed by atoms with van der Waals surface area (Å²) in [7, 11) is 0. The van der Waals surface area contributed by atoms with Gasteiger partial charge in [-0.15, -0.1) is 0 Å². The highest BCUT2D eigenvalue weighted by atomic mass is 16.7. The van der Waals surface area contributed by atoms with Crippen molar-refractivity contribution in [3.8, 4) is 0 Å². The molecule has 0 aromatic heterocycles. The smallest absolute Gasteiger partial charge is 0.338 e. The van der Waals surface area contributed by atoms with E-state index in [9.17, 15) is 14.4 Å². The zero-order chi connectivity index (χ0) is 13.4. The Kier molecular flexibility index (Phi) is 2.79. The van der Waals surface area contributed by atoms with Crippen molar-refractivity contribution < 1.29 is 24.0 Å². The molecule has 0 N–H and O–H groups in total. The van der Waals surface area contributed by atoms with E-state index in [-0.39, 0.29) is 17.7 Å². The Morgan fingerprint density at radius 3 is 2.37 bits per heavy atom. The van der Waals surface area contributed by atoms with Gasteiger partial charge in [0, 0.05) is 6.61 Å². The summed E-state index contributed by atoms with van der Waals surface area (Å²) in [5.74, 6) is -2.22. The first-order valence-electron chi connectivity index (χ1n) is 5.96. The number of hydrogen-bond donors (Lipinski definition) is 0. The van der Waals surface area contributed by atoms with Gasteiger partial charge in [-0.2, -0.15) is 0 Å². The minimum atomic E-state index is -0.605. The molecule has 0 aliphatic carbocycles. The van der Waals surface area contributed by atoms with Crippen molar-refractivity contribution in [2.75, 3.05) is 13.2 Å². The lowest BCUT2D eigenvalue weighted by Crippen LogP contribution is -2.35. The van der Waals surface area contributed by atoms with Gasteiger partial charge in [0.15, 0.2) is 0 Å². The van der Waals surface area contributed by atoms with Crippen molar-refractivity contribution in [3.05, 3.63) is 35.4 Å². The molecule has 2 aliphatic heterocycles. The molecule has 1 aromatic rings. The van der Waals surface area contributed by atoms with Crippen LogP contribution < -0.4 is 0 Å². The summed E-state index contributed by atoms with van der Waals surface area (Å²) in [5.41, 5.74) is 0.506. The minimum Gasteiger partial charge on any atom is -0.381 e. The van der Waals surface area contributed by atoms with Crippen LogP contribution in [0.25, 0.3) is 0 Å². The summed E-state index contributed by atoms with van der Waals surface area (Å²) in [5, 5.41) is 0.533. The summed E-state index contributed by atoms with van der Waals surface area (Å²) >= 11 is 0. The van der Waals surface area contributed by atoms with Crippen molar-refractivity contribution in [2.24, 2.45) is 5.92 Å². The number of hydroxylamine groups is 2. The van der Waals surface area contributed by atoms with Crippen LogP contribution in [0.4, 0.5) is 0 Å². The molecule has 98 valence electrons. The highest BCUT2D eigenvalue weighted by Crippen LogP contribution is 2.24. The van der Waals surface area contributed by atoms with Gasteiger partial charge in [-0.3, -0.25) is 9.59 Å². The lowest BCUT2D eigenvalue weighted by atomic mass is 10.1. The molecule has 6 heteroatoms. The van der Waals surface area contributed by atoms with Crippen molar-refractivity contribution in [1.29, 1.82) is 0 Å². The standard InChI is InChI=1S/C13H11NO5/c15-11-9-3-1-2-4-10(9)12(16)14(11)19-13(17)8-5-6-18-7-8/h1-4,8H,5-7H2/t8-/m1/s1. The van der Waals surface area contributed by atoms with Crippen molar-refractivity contribution in [1.82, 2.24) is 5.06 Å². The Bertz CT molecular complexity index is 527. The quantitative estimate of drug-likeness (QED) is 0.735. The van der Waals surface area contributed by atoms with E-state index >= 15 is 0 Å². The van der Waals surface area contributed by atoms with Crippen LogP contribution in [0, 0.1) is 5.92 Å². The normalized spacial score (nSPS) is 21.7. The molecular formula is C13H11NO5. The van der Waals surface area contributed by atoms with Gasteiger partial charge in [-0.05, 0) is 18.6 Å².